The number of anilines is 1. The minimum atomic E-state index is -0.350. The second kappa shape index (κ2) is 12.5. The fourth-order valence-electron chi connectivity index (χ4n) is 1.76. The lowest BCUT2D eigenvalue weighted by Crippen LogP contribution is -2.13. The van der Waals surface area contributed by atoms with Gasteiger partial charge < -0.3 is 19.5 Å². The lowest BCUT2D eigenvalue weighted by atomic mass is 10.2. The summed E-state index contributed by atoms with van der Waals surface area (Å²) in [7, 11) is 0. The van der Waals surface area contributed by atoms with Gasteiger partial charge in [0.25, 0.3) is 0 Å². The molecular formula is C18H25NO4. The van der Waals surface area contributed by atoms with E-state index < -0.39 is 0 Å². The van der Waals surface area contributed by atoms with E-state index in [0.29, 0.717) is 25.4 Å². The third kappa shape index (κ3) is 8.87. The molecule has 1 aromatic carbocycles. The standard InChI is InChI=1S/C18H25NO4/c1-3-5-10-19-17-8-6-16(7-9-17)18(20)23-15-14-22-13-12-21-11-4-2/h2,6-9,19H,3,5,10-15H2,1H3. The molecule has 0 saturated heterocycles. The lowest BCUT2D eigenvalue weighted by Gasteiger charge is -2.08. The van der Waals surface area contributed by atoms with Gasteiger partial charge in [0.15, 0.2) is 0 Å². The molecule has 5 heteroatoms. The van der Waals surface area contributed by atoms with Crippen LogP contribution < -0.4 is 5.32 Å². The van der Waals surface area contributed by atoms with Crippen molar-refractivity contribution in [2.45, 2.75) is 19.8 Å². The van der Waals surface area contributed by atoms with E-state index in [0.717, 1.165) is 25.1 Å². The summed E-state index contributed by atoms with van der Waals surface area (Å²) < 4.78 is 15.4. The monoisotopic (exact) mass is 319 g/mol. The van der Waals surface area contributed by atoms with E-state index in [1.807, 2.05) is 12.1 Å². The Morgan fingerprint density at radius 2 is 1.83 bits per heavy atom. The van der Waals surface area contributed by atoms with Gasteiger partial charge in [-0.15, -0.1) is 6.42 Å². The first-order chi connectivity index (χ1) is 11.3. The predicted octanol–water partition coefficient (Wildman–Crippen LogP) is 2.72. The normalized spacial score (nSPS) is 10.1. The van der Waals surface area contributed by atoms with Gasteiger partial charge >= 0.3 is 5.97 Å². The zero-order chi connectivity index (χ0) is 16.8. The van der Waals surface area contributed by atoms with Gasteiger partial charge in [0, 0.05) is 12.2 Å². The molecule has 0 bridgehead atoms. The Labute approximate surface area is 138 Å². The van der Waals surface area contributed by atoms with E-state index in [1.54, 1.807) is 12.1 Å². The van der Waals surface area contributed by atoms with E-state index in [-0.39, 0.29) is 19.2 Å². The first-order valence-electron chi connectivity index (χ1n) is 7.88. The van der Waals surface area contributed by atoms with E-state index in [1.165, 1.54) is 0 Å². The fourth-order valence-corrected chi connectivity index (χ4v) is 1.76. The molecule has 0 atom stereocenters. The highest BCUT2D eigenvalue weighted by Gasteiger charge is 2.06. The number of benzene rings is 1. The predicted molar refractivity (Wildman–Crippen MR) is 90.6 cm³/mol. The maximum atomic E-state index is 11.8. The van der Waals surface area contributed by atoms with E-state index in [9.17, 15) is 4.79 Å². The van der Waals surface area contributed by atoms with Crippen LogP contribution >= 0.6 is 0 Å². The number of unbranched alkanes of at least 4 members (excludes halogenated alkanes) is 1. The average Bonchev–Trinajstić information content (AvgIpc) is 2.58. The van der Waals surface area contributed by atoms with Crippen molar-refractivity contribution in [2.75, 3.05) is 44.9 Å². The van der Waals surface area contributed by atoms with Crippen LogP contribution in [0, 0.1) is 12.3 Å². The zero-order valence-corrected chi connectivity index (χ0v) is 13.7. The molecule has 0 spiro atoms. The topological polar surface area (TPSA) is 56.8 Å². The molecule has 1 N–H and O–H groups in total. The Morgan fingerprint density at radius 1 is 1.13 bits per heavy atom. The molecule has 0 amide bonds. The molecule has 23 heavy (non-hydrogen) atoms. The fraction of sp³-hybridized carbons (Fsp3) is 0.500. The summed E-state index contributed by atoms with van der Waals surface area (Å²) in [4.78, 5) is 11.8. The molecule has 0 unspecified atom stereocenters. The Kier molecular flexibility index (Phi) is 10.3. The third-order valence-electron chi connectivity index (χ3n) is 3.00. The summed E-state index contributed by atoms with van der Waals surface area (Å²) >= 11 is 0. The second-order valence-electron chi connectivity index (χ2n) is 4.86. The minimum Gasteiger partial charge on any atom is -0.460 e. The van der Waals surface area contributed by atoms with E-state index in [2.05, 4.69) is 18.2 Å². The molecule has 126 valence electrons. The SMILES string of the molecule is C#CCOCCOCCOC(=O)c1ccc(NCCCC)cc1. The van der Waals surface area contributed by atoms with Gasteiger partial charge in [-0.25, -0.2) is 4.79 Å². The molecule has 0 aliphatic rings. The Bertz CT molecular complexity index is 479. The third-order valence-corrected chi connectivity index (χ3v) is 3.00. The van der Waals surface area contributed by atoms with Gasteiger partial charge in [-0.05, 0) is 30.7 Å². The van der Waals surface area contributed by atoms with Crippen LogP contribution in [0.25, 0.3) is 0 Å². The molecule has 0 aromatic heterocycles. The molecule has 0 aliphatic carbocycles. The average molecular weight is 319 g/mol. The van der Waals surface area contributed by atoms with Crippen molar-refractivity contribution in [3.8, 4) is 12.3 Å². The van der Waals surface area contributed by atoms with E-state index in [4.69, 9.17) is 20.6 Å². The highest BCUT2D eigenvalue weighted by Crippen LogP contribution is 2.10. The summed E-state index contributed by atoms with van der Waals surface area (Å²) in [6, 6.07) is 7.27. The summed E-state index contributed by atoms with van der Waals surface area (Å²) in [5, 5.41) is 3.30. The lowest BCUT2D eigenvalue weighted by molar-refractivity contribution is 0.0186. The number of ether oxygens (including phenoxy) is 3. The number of hydrogen-bond acceptors (Lipinski definition) is 5. The summed E-state index contributed by atoms with van der Waals surface area (Å²) in [5.74, 6) is 2.02. The van der Waals surface area contributed by atoms with Crippen LogP contribution in [0.15, 0.2) is 24.3 Å². The van der Waals surface area contributed by atoms with Crippen LogP contribution in [0.5, 0.6) is 0 Å². The van der Waals surface area contributed by atoms with Gasteiger partial charge in [0.1, 0.15) is 13.2 Å². The van der Waals surface area contributed by atoms with Gasteiger partial charge in [0.2, 0.25) is 0 Å². The van der Waals surface area contributed by atoms with Crippen LogP contribution in [0.3, 0.4) is 0 Å². The Morgan fingerprint density at radius 3 is 2.52 bits per heavy atom. The number of carbonyl (C=O) groups is 1. The van der Waals surface area contributed by atoms with Crippen molar-refractivity contribution in [1.82, 2.24) is 0 Å². The highest BCUT2D eigenvalue weighted by molar-refractivity contribution is 5.89. The first kappa shape index (κ1) is 19.0. The summed E-state index contributed by atoms with van der Waals surface area (Å²) in [6.45, 7) is 4.77. The van der Waals surface area contributed by atoms with Crippen molar-refractivity contribution in [3.05, 3.63) is 29.8 Å². The van der Waals surface area contributed by atoms with Crippen molar-refractivity contribution in [1.29, 1.82) is 0 Å². The number of hydrogen-bond donors (Lipinski definition) is 1. The maximum absolute atomic E-state index is 11.8. The Hall–Kier alpha value is -2.03. The van der Waals surface area contributed by atoms with Gasteiger partial charge in [-0.1, -0.05) is 19.3 Å². The largest absolute Gasteiger partial charge is 0.460 e. The second-order valence-corrected chi connectivity index (χ2v) is 4.86. The van der Waals surface area contributed by atoms with Gasteiger partial charge in [-0.3, -0.25) is 0 Å². The molecule has 1 aromatic rings. The molecular weight excluding hydrogens is 294 g/mol. The molecule has 0 aliphatic heterocycles. The van der Waals surface area contributed by atoms with E-state index >= 15 is 0 Å². The molecule has 0 fully saturated rings. The van der Waals surface area contributed by atoms with Crippen LogP contribution in [0.1, 0.15) is 30.1 Å². The van der Waals surface area contributed by atoms with Crippen molar-refractivity contribution >= 4 is 11.7 Å². The highest BCUT2D eigenvalue weighted by atomic mass is 16.6. The summed E-state index contributed by atoms with van der Waals surface area (Å²) in [5.41, 5.74) is 1.54. The molecule has 0 heterocycles. The van der Waals surface area contributed by atoms with Gasteiger partial charge in [0.05, 0.1) is 25.4 Å². The molecule has 0 radical (unpaired) electrons. The van der Waals surface area contributed by atoms with Crippen LogP contribution in [-0.4, -0.2) is 45.5 Å². The summed E-state index contributed by atoms with van der Waals surface area (Å²) in [6.07, 6.45) is 7.31. The number of carbonyl (C=O) groups excluding carboxylic acids is 1. The maximum Gasteiger partial charge on any atom is 0.338 e. The first-order valence-corrected chi connectivity index (χ1v) is 7.88. The molecule has 1 rings (SSSR count). The number of terminal acetylenes is 1. The number of esters is 1. The number of rotatable bonds is 12. The molecule has 5 nitrogen and oxygen atoms in total. The van der Waals surface area contributed by atoms with Crippen LogP contribution in [-0.2, 0) is 14.2 Å². The minimum absolute atomic E-state index is 0.213. The molecule has 0 saturated carbocycles. The van der Waals surface area contributed by atoms with Gasteiger partial charge in [-0.2, -0.15) is 0 Å². The van der Waals surface area contributed by atoms with Crippen molar-refractivity contribution < 1.29 is 19.0 Å². The Balaban J connectivity index is 2.16. The smallest absolute Gasteiger partial charge is 0.338 e. The van der Waals surface area contributed by atoms with Crippen molar-refractivity contribution in [2.24, 2.45) is 0 Å². The van der Waals surface area contributed by atoms with Crippen LogP contribution in [0.2, 0.25) is 0 Å². The zero-order valence-electron chi connectivity index (χ0n) is 13.7. The van der Waals surface area contributed by atoms with Crippen LogP contribution in [0.4, 0.5) is 5.69 Å². The number of nitrogens with one attached hydrogen (secondary N) is 1. The quantitative estimate of drug-likeness (QED) is 0.365. The van der Waals surface area contributed by atoms with Crippen molar-refractivity contribution in [3.63, 3.8) is 0 Å².